The summed E-state index contributed by atoms with van der Waals surface area (Å²) in [7, 11) is 0. The monoisotopic (exact) mass is 744 g/mol. The second-order valence-electron chi connectivity index (χ2n) is 17.4. The van der Waals surface area contributed by atoms with E-state index in [0.717, 1.165) is 17.9 Å². The molecule has 254 valence electrons. The molecule has 0 saturated heterocycles. The second kappa shape index (κ2) is 15.3. The van der Waals surface area contributed by atoms with Gasteiger partial charge >= 0.3 is 110 Å². The van der Waals surface area contributed by atoms with Gasteiger partial charge in [-0.1, -0.05) is 106 Å². The number of halogens is 1. The molecular weight excluding hydrogens is 691 g/mol. The van der Waals surface area contributed by atoms with Crippen molar-refractivity contribution in [1.29, 1.82) is 0 Å². The Kier molecular flexibility index (Phi) is 12.3. The maximum Gasteiger partial charge on any atom is -0.109 e. The van der Waals surface area contributed by atoms with Crippen molar-refractivity contribution in [2.75, 3.05) is 0 Å². The van der Waals surface area contributed by atoms with Gasteiger partial charge in [0.05, 0.1) is 0 Å². The van der Waals surface area contributed by atoms with Gasteiger partial charge in [-0.3, -0.25) is 6.08 Å². The van der Waals surface area contributed by atoms with Gasteiger partial charge in [0.25, 0.3) is 0 Å². The SMILES string of the molecule is CC(C)(C)c1[c-]c2c(cc1C(C)(C)C)-c1cc(C(C)(C)C)c(C(C)(C)C)cc1C2.Clc1ccc([C](=[Zr+2])c2ccccc2)cc1.[C-]1=CC=CC1. The zero-order valence-electron chi connectivity index (χ0n) is 32.0. The molecule has 0 aromatic heterocycles. The van der Waals surface area contributed by atoms with Crippen LogP contribution in [0.5, 0.6) is 0 Å². The van der Waals surface area contributed by atoms with Gasteiger partial charge in [-0.2, -0.15) is 23.8 Å². The summed E-state index contributed by atoms with van der Waals surface area (Å²) in [6.07, 6.45) is 11.0. The van der Waals surface area contributed by atoms with E-state index in [2.05, 4.69) is 156 Å². The van der Waals surface area contributed by atoms with Gasteiger partial charge in [-0.15, -0.1) is 23.1 Å². The van der Waals surface area contributed by atoms with Gasteiger partial charge in [0.1, 0.15) is 0 Å². The van der Waals surface area contributed by atoms with Gasteiger partial charge in [0, 0.05) is 0 Å². The largest absolute Gasteiger partial charge is 0.273 e. The minimum Gasteiger partial charge on any atom is -0.273 e. The van der Waals surface area contributed by atoms with Crippen LogP contribution in [0.15, 0.2) is 91.0 Å². The van der Waals surface area contributed by atoms with Crippen molar-refractivity contribution in [1.82, 2.24) is 0 Å². The molecule has 0 aliphatic heterocycles. The summed E-state index contributed by atoms with van der Waals surface area (Å²) >= 11 is 7.28. The number of benzene rings is 4. The van der Waals surface area contributed by atoms with Crippen LogP contribution in [0.25, 0.3) is 11.1 Å². The van der Waals surface area contributed by atoms with Crippen molar-refractivity contribution >= 4 is 14.8 Å². The zero-order chi connectivity index (χ0) is 36.4. The first kappa shape index (κ1) is 39.2. The molecule has 4 aromatic rings. The van der Waals surface area contributed by atoms with E-state index in [9.17, 15) is 0 Å². The third kappa shape index (κ3) is 10.0. The van der Waals surface area contributed by atoms with Crippen molar-refractivity contribution in [3.63, 3.8) is 0 Å². The fourth-order valence-corrected chi connectivity index (χ4v) is 7.30. The van der Waals surface area contributed by atoms with Crippen LogP contribution in [-0.4, -0.2) is 3.21 Å². The normalized spacial score (nSPS) is 13.6. The molecule has 0 bridgehead atoms. The van der Waals surface area contributed by atoms with Crippen LogP contribution >= 0.6 is 11.6 Å². The molecule has 0 amide bonds. The Labute approximate surface area is 318 Å². The Balaban J connectivity index is 0.000000222. The molecule has 0 atom stereocenters. The minimum atomic E-state index is 0.0968. The Morgan fingerprint density at radius 3 is 1.63 bits per heavy atom. The smallest absolute Gasteiger partial charge is 0.109 e. The Morgan fingerprint density at radius 2 is 1.16 bits per heavy atom. The first-order chi connectivity index (χ1) is 22.7. The molecule has 6 rings (SSSR count). The van der Waals surface area contributed by atoms with E-state index in [4.69, 9.17) is 11.6 Å². The summed E-state index contributed by atoms with van der Waals surface area (Å²) < 4.78 is 1.36. The fraction of sp³-hybridized carbons (Fsp3) is 0.383. The van der Waals surface area contributed by atoms with E-state index >= 15 is 0 Å². The molecule has 4 aromatic carbocycles. The predicted octanol–water partition coefficient (Wildman–Crippen LogP) is 13.0. The van der Waals surface area contributed by atoms with Crippen LogP contribution in [0.4, 0.5) is 0 Å². The number of rotatable bonds is 2. The standard InChI is InChI=1S/C29H41.C13H9Cl.C5H5.Zr/c1-26(2,3)22-14-18-13-19-15-23(27(4,5)6)25(29(10,11)12)17-21(19)20(18)16-24(22)28(7,8)9;14-13-8-6-12(7-9-13)10-11-4-2-1-3-5-11;1-2-4-5-3-1;/h14,16-17H,13H2,1-12H3;1-9H;1-3H,4H2;/q-1;;-1;+2. The molecular formula is C47H55ClZr. The third-order valence-electron chi connectivity index (χ3n) is 9.02. The van der Waals surface area contributed by atoms with Crippen LogP contribution in [0, 0.1) is 12.1 Å². The average Bonchev–Trinajstić information content (AvgIpc) is 3.71. The van der Waals surface area contributed by atoms with E-state index in [-0.39, 0.29) is 21.7 Å². The van der Waals surface area contributed by atoms with Gasteiger partial charge in [-0.05, 0) is 39.4 Å². The van der Waals surface area contributed by atoms with E-state index in [0.29, 0.717) is 0 Å². The molecule has 0 unspecified atom stereocenters. The number of hydrogen-bond acceptors (Lipinski definition) is 0. The first-order valence-corrected chi connectivity index (χ1v) is 19.2. The summed E-state index contributed by atoms with van der Waals surface area (Å²) in [6, 6.07) is 29.8. The Hall–Kier alpha value is -2.60. The summed E-state index contributed by atoms with van der Waals surface area (Å²) in [5.41, 5.74) is 14.5. The van der Waals surface area contributed by atoms with Gasteiger partial charge < -0.3 is 0 Å². The second-order valence-corrected chi connectivity index (χ2v) is 19.1. The molecule has 0 spiro atoms. The van der Waals surface area contributed by atoms with Crippen molar-refractivity contribution in [3.8, 4) is 11.1 Å². The topological polar surface area (TPSA) is 0 Å². The van der Waals surface area contributed by atoms with Crippen LogP contribution in [0.3, 0.4) is 0 Å². The van der Waals surface area contributed by atoms with E-state index < -0.39 is 0 Å². The van der Waals surface area contributed by atoms with Crippen molar-refractivity contribution < 1.29 is 24.2 Å². The molecule has 0 fully saturated rings. The van der Waals surface area contributed by atoms with Crippen molar-refractivity contribution in [2.45, 2.75) is 118 Å². The van der Waals surface area contributed by atoms with Crippen molar-refractivity contribution in [2.24, 2.45) is 0 Å². The van der Waals surface area contributed by atoms with E-state index in [1.54, 1.807) is 0 Å². The Bertz CT molecular complexity index is 1740. The first-order valence-electron chi connectivity index (χ1n) is 17.6. The average molecular weight is 747 g/mol. The summed E-state index contributed by atoms with van der Waals surface area (Å²) in [6.45, 7) is 28.0. The maximum atomic E-state index is 5.86. The summed E-state index contributed by atoms with van der Waals surface area (Å²) in [4.78, 5) is 0. The van der Waals surface area contributed by atoms with Crippen LogP contribution in [0.1, 0.15) is 134 Å². The Morgan fingerprint density at radius 1 is 0.633 bits per heavy atom. The summed E-state index contributed by atoms with van der Waals surface area (Å²) in [5.74, 6) is 0. The molecule has 0 nitrogen and oxygen atoms in total. The molecule has 2 aliphatic carbocycles. The van der Waals surface area contributed by atoms with Crippen LogP contribution in [-0.2, 0) is 52.3 Å². The molecule has 49 heavy (non-hydrogen) atoms. The fourth-order valence-electron chi connectivity index (χ4n) is 6.35. The molecule has 2 heteroatoms. The van der Waals surface area contributed by atoms with Gasteiger partial charge in [0.2, 0.25) is 0 Å². The number of hydrogen-bond donors (Lipinski definition) is 0. The van der Waals surface area contributed by atoms with Crippen molar-refractivity contribution in [3.05, 3.63) is 153 Å². The molecule has 2 aliphatic rings. The number of allylic oxidation sites excluding steroid dienone is 4. The van der Waals surface area contributed by atoms with Gasteiger partial charge in [0.15, 0.2) is 0 Å². The molecule has 0 heterocycles. The number of fused-ring (bicyclic) bond motifs is 3. The summed E-state index contributed by atoms with van der Waals surface area (Å²) in [5, 5.41) is 0.787. The quantitative estimate of drug-likeness (QED) is 0.158. The molecule has 0 N–H and O–H groups in total. The van der Waals surface area contributed by atoms with Gasteiger partial charge in [-0.25, -0.2) is 12.2 Å². The minimum absolute atomic E-state index is 0.0968. The molecule has 0 radical (unpaired) electrons. The zero-order valence-corrected chi connectivity index (χ0v) is 35.2. The third-order valence-corrected chi connectivity index (χ3v) is 10.7. The van der Waals surface area contributed by atoms with Crippen LogP contribution < -0.4 is 0 Å². The molecule has 0 saturated carbocycles. The van der Waals surface area contributed by atoms with Crippen LogP contribution in [0.2, 0.25) is 5.02 Å². The van der Waals surface area contributed by atoms with E-state index in [1.165, 1.54) is 83.1 Å². The van der Waals surface area contributed by atoms with E-state index in [1.807, 2.05) is 30.4 Å². The maximum absolute atomic E-state index is 5.86. The predicted molar refractivity (Wildman–Crippen MR) is 211 cm³/mol.